The smallest absolute Gasteiger partial charge is 0.119 e. The van der Waals surface area contributed by atoms with Crippen LogP contribution in [0.4, 0.5) is 0 Å². The summed E-state index contributed by atoms with van der Waals surface area (Å²) in [5.41, 5.74) is 2.34. The molecule has 3 unspecified atom stereocenters. The lowest BCUT2D eigenvalue weighted by Crippen LogP contribution is -2.27. The lowest BCUT2D eigenvalue weighted by Gasteiger charge is -2.32. The molecule has 3 heteroatoms. The van der Waals surface area contributed by atoms with Crippen molar-refractivity contribution in [2.24, 2.45) is 17.8 Å². The number of phenols is 1. The number of unbranched alkanes of at least 4 members (excludes halogenated alkanes) is 2. The van der Waals surface area contributed by atoms with Gasteiger partial charge in [-0.25, -0.2) is 0 Å². The summed E-state index contributed by atoms with van der Waals surface area (Å²) in [7, 11) is 0. The first-order chi connectivity index (χ1) is 11.6. The molecule has 2 aliphatic rings. The number of benzene rings is 1. The van der Waals surface area contributed by atoms with Crippen LogP contribution in [0.1, 0.15) is 63.0 Å². The van der Waals surface area contributed by atoms with Gasteiger partial charge in [-0.3, -0.25) is 0 Å². The van der Waals surface area contributed by atoms with Gasteiger partial charge in [0, 0.05) is 0 Å². The van der Waals surface area contributed by atoms with E-state index >= 15 is 0 Å². The van der Waals surface area contributed by atoms with Gasteiger partial charge in [-0.1, -0.05) is 38.3 Å². The van der Waals surface area contributed by atoms with Gasteiger partial charge in [-0.2, -0.15) is 0 Å². The molecule has 0 heterocycles. The summed E-state index contributed by atoms with van der Waals surface area (Å²) < 4.78 is 0. The number of phenolic OH excluding ortho intramolecular Hbond substituents is 1. The molecule has 0 aromatic heterocycles. The fraction of sp³-hybridized carbons (Fsp3) is 0.714. The minimum atomic E-state index is -0.251. The van der Waals surface area contributed by atoms with Crippen LogP contribution in [0.15, 0.2) is 18.2 Å². The van der Waals surface area contributed by atoms with Gasteiger partial charge < -0.3 is 15.3 Å². The lowest BCUT2D eigenvalue weighted by atomic mass is 9.73. The van der Waals surface area contributed by atoms with Crippen LogP contribution in [-0.4, -0.2) is 27.5 Å². The van der Waals surface area contributed by atoms with E-state index in [1.54, 1.807) is 6.07 Å². The summed E-state index contributed by atoms with van der Waals surface area (Å²) in [6, 6.07) is 5.81. The van der Waals surface area contributed by atoms with Gasteiger partial charge in [-0.15, -0.1) is 0 Å². The third-order valence-electron chi connectivity index (χ3n) is 6.34. The largest absolute Gasteiger partial charge is 0.508 e. The van der Waals surface area contributed by atoms with Crippen molar-refractivity contribution in [3.63, 3.8) is 0 Å². The maximum atomic E-state index is 10.6. The van der Waals surface area contributed by atoms with E-state index in [9.17, 15) is 15.3 Å². The molecule has 0 spiro atoms. The van der Waals surface area contributed by atoms with Crippen molar-refractivity contribution in [2.75, 3.05) is 0 Å². The fourth-order valence-corrected chi connectivity index (χ4v) is 4.98. The number of aliphatic hydroxyl groups is 2. The number of fused-ring (bicyclic) bond motifs is 2. The van der Waals surface area contributed by atoms with E-state index in [1.165, 1.54) is 18.4 Å². The molecule has 1 saturated carbocycles. The molecular weight excluding hydrogens is 300 g/mol. The van der Waals surface area contributed by atoms with Gasteiger partial charge in [0.2, 0.25) is 0 Å². The van der Waals surface area contributed by atoms with Crippen LogP contribution < -0.4 is 0 Å². The minimum absolute atomic E-state index is 0.220. The summed E-state index contributed by atoms with van der Waals surface area (Å²) in [5.74, 6) is 1.68. The topological polar surface area (TPSA) is 60.7 Å². The molecule has 3 N–H and O–H groups in total. The molecule has 0 amide bonds. The predicted octanol–water partition coefficient (Wildman–Crippen LogP) is 3.83. The van der Waals surface area contributed by atoms with E-state index in [4.69, 9.17) is 0 Å². The lowest BCUT2D eigenvalue weighted by molar-refractivity contribution is 0.0869. The first kappa shape index (κ1) is 17.8. The zero-order valence-electron chi connectivity index (χ0n) is 14.8. The molecular formula is C21H32O3. The molecule has 0 radical (unpaired) electrons. The molecule has 0 aliphatic heterocycles. The Labute approximate surface area is 145 Å². The Kier molecular flexibility index (Phi) is 5.83. The quantitative estimate of drug-likeness (QED) is 0.665. The highest BCUT2D eigenvalue weighted by Crippen LogP contribution is 2.48. The van der Waals surface area contributed by atoms with E-state index in [1.807, 2.05) is 6.07 Å². The van der Waals surface area contributed by atoms with Crippen LogP contribution in [0.5, 0.6) is 5.75 Å². The zero-order chi connectivity index (χ0) is 17.1. The Hall–Kier alpha value is -1.06. The van der Waals surface area contributed by atoms with Gasteiger partial charge in [0.25, 0.3) is 0 Å². The highest BCUT2D eigenvalue weighted by Gasteiger charge is 2.44. The van der Waals surface area contributed by atoms with Gasteiger partial charge in [0.1, 0.15) is 5.75 Å². The fourth-order valence-electron chi connectivity index (χ4n) is 4.98. The van der Waals surface area contributed by atoms with Crippen LogP contribution in [-0.2, 0) is 12.8 Å². The summed E-state index contributed by atoms with van der Waals surface area (Å²) in [5, 5.41) is 30.8. The molecule has 5 atom stereocenters. The standard InChI is InChI=1S/C21H32O3/c1-2-3-4-7-16(22)9-10-17-18-11-14-6-5-8-20(23)19(14)12-15(18)13-21(17)24/h5-6,8,15-18,21-24H,2-4,7,9-13H2,1H3/t15?,16-,17?,18-,21?/m0/s1. The average Bonchev–Trinajstić information content (AvgIpc) is 2.86. The second-order valence-corrected chi connectivity index (χ2v) is 7.94. The number of hydrogen-bond donors (Lipinski definition) is 3. The Morgan fingerprint density at radius 2 is 2.00 bits per heavy atom. The van der Waals surface area contributed by atoms with Crippen LogP contribution in [0.25, 0.3) is 0 Å². The van der Waals surface area contributed by atoms with Gasteiger partial charge >= 0.3 is 0 Å². The monoisotopic (exact) mass is 332 g/mol. The molecule has 134 valence electrons. The number of hydrogen-bond acceptors (Lipinski definition) is 3. The van der Waals surface area contributed by atoms with Gasteiger partial charge in [-0.05, 0) is 73.5 Å². The van der Waals surface area contributed by atoms with Crippen molar-refractivity contribution in [1.29, 1.82) is 0 Å². The summed E-state index contributed by atoms with van der Waals surface area (Å²) in [6.07, 6.45) is 8.31. The SMILES string of the molecule is CCCCC[C@H](O)CCC1C(O)CC2Cc3c(O)cccc3C[C@@H]21. The second kappa shape index (κ2) is 7.88. The van der Waals surface area contributed by atoms with Crippen LogP contribution in [0, 0.1) is 17.8 Å². The normalized spacial score (nSPS) is 30.0. The number of rotatable bonds is 7. The first-order valence-corrected chi connectivity index (χ1v) is 9.76. The van der Waals surface area contributed by atoms with Crippen LogP contribution in [0.2, 0.25) is 0 Å². The molecule has 3 nitrogen and oxygen atoms in total. The summed E-state index contributed by atoms with van der Waals surface area (Å²) in [6.45, 7) is 2.18. The number of aliphatic hydroxyl groups excluding tert-OH is 2. The Morgan fingerprint density at radius 1 is 1.17 bits per heavy atom. The highest BCUT2D eigenvalue weighted by molar-refractivity contribution is 5.42. The van der Waals surface area contributed by atoms with E-state index in [2.05, 4.69) is 13.0 Å². The van der Waals surface area contributed by atoms with Crippen molar-refractivity contribution in [3.8, 4) is 5.75 Å². The van der Waals surface area contributed by atoms with Crippen molar-refractivity contribution >= 4 is 0 Å². The number of aromatic hydroxyl groups is 1. The highest BCUT2D eigenvalue weighted by atomic mass is 16.3. The average molecular weight is 332 g/mol. The minimum Gasteiger partial charge on any atom is -0.508 e. The van der Waals surface area contributed by atoms with Crippen molar-refractivity contribution in [1.82, 2.24) is 0 Å². The molecule has 24 heavy (non-hydrogen) atoms. The van der Waals surface area contributed by atoms with Crippen molar-refractivity contribution in [2.45, 2.75) is 76.9 Å². The molecule has 3 rings (SSSR count). The first-order valence-electron chi connectivity index (χ1n) is 9.76. The van der Waals surface area contributed by atoms with Gasteiger partial charge in [0.05, 0.1) is 12.2 Å². The zero-order valence-corrected chi connectivity index (χ0v) is 14.8. The van der Waals surface area contributed by atoms with Crippen molar-refractivity contribution in [3.05, 3.63) is 29.3 Å². The Bertz CT molecular complexity index is 542. The second-order valence-electron chi connectivity index (χ2n) is 7.94. The maximum Gasteiger partial charge on any atom is 0.119 e. The summed E-state index contributed by atoms with van der Waals surface area (Å²) in [4.78, 5) is 0. The van der Waals surface area contributed by atoms with Crippen LogP contribution in [0.3, 0.4) is 0 Å². The Balaban J connectivity index is 1.59. The van der Waals surface area contributed by atoms with E-state index in [0.717, 1.165) is 50.5 Å². The van der Waals surface area contributed by atoms with Crippen LogP contribution >= 0.6 is 0 Å². The van der Waals surface area contributed by atoms with E-state index in [-0.39, 0.29) is 12.2 Å². The van der Waals surface area contributed by atoms with E-state index in [0.29, 0.717) is 23.5 Å². The molecule has 1 fully saturated rings. The molecule has 1 aromatic carbocycles. The molecule has 0 bridgehead atoms. The third-order valence-corrected chi connectivity index (χ3v) is 6.34. The molecule has 1 aromatic rings. The van der Waals surface area contributed by atoms with E-state index < -0.39 is 0 Å². The molecule has 0 saturated heterocycles. The summed E-state index contributed by atoms with van der Waals surface area (Å²) >= 11 is 0. The van der Waals surface area contributed by atoms with Gasteiger partial charge in [0.15, 0.2) is 0 Å². The van der Waals surface area contributed by atoms with Crippen molar-refractivity contribution < 1.29 is 15.3 Å². The molecule has 2 aliphatic carbocycles. The third kappa shape index (κ3) is 3.78. The Morgan fingerprint density at radius 3 is 2.79 bits per heavy atom. The maximum absolute atomic E-state index is 10.6. The predicted molar refractivity (Wildman–Crippen MR) is 96.0 cm³/mol.